The molecule has 0 bridgehead atoms. The van der Waals surface area contributed by atoms with Gasteiger partial charge in [0.1, 0.15) is 16.7 Å². The summed E-state index contributed by atoms with van der Waals surface area (Å²) in [4.78, 5) is 16.3. The van der Waals surface area contributed by atoms with Gasteiger partial charge in [0, 0.05) is 5.56 Å². The monoisotopic (exact) mass is 339 g/mol. The second-order valence-electron chi connectivity index (χ2n) is 4.83. The summed E-state index contributed by atoms with van der Waals surface area (Å²) in [5.41, 5.74) is 2.68. The summed E-state index contributed by atoms with van der Waals surface area (Å²) in [6, 6.07) is 12.8. The number of carbonyl (C=O) groups is 1. The molecule has 2 aromatic carbocycles. The van der Waals surface area contributed by atoms with Crippen LogP contribution in [0.5, 0.6) is 5.75 Å². The van der Waals surface area contributed by atoms with Crippen molar-refractivity contribution in [2.45, 2.75) is 0 Å². The average molecular weight is 339 g/mol. The highest BCUT2D eigenvalue weighted by Gasteiger charge is 2.13. The smallest absolute Gasteiger partial charge is 0.235 e. The molecular weight excluding hydrogens is 326 g/mol. The maximum atomic E-state index is 11.9. The first-order chi connectivity index (χ1) is 11.7. The number of nitrogens with zero attached hydrogens (tertiary/aromatic N) is 2. The third-order valence-corrected chi connectivity index (χ3v) is 3.82. The van der Waals surface area contributed by atoms with Crippen molar-refractivity contribution in [1.82, 2.24) is 4.98 Å². The van der Waals surface area contributed by atoms with Crippen LogP contribution < -0.4 is 10.1 Å². The van der Waals surface area contributed by atoms with Crippen LogP contribution in [0.3, 0.4) is 0 Å². The van der Waals surface area contributed by atoms with Crippen LogP contribution >= 0.6 is 11.8 Å². The number of thiocyanates is 1. The number of aromatic nitrogens is 1. The fourth-order valence-electron chi connectivity index (χ4n) is 2.22. The summed E-state index contributed by atoms with van der Waals surface area (Å²) in [5.74, 6) is 0.743. The van der Waals surface area contributed by atoms with Gasteiger partial charge in [-0.1, -0.05) is 12.1 Å². The van der Waals surface area contributed by atoms with Crippen molar-refractivity contribution in [3.63, 3.8) is 0 Å². The van der Waals surface area contributed by atoms with Gasteiger partial charge < -0.3 is 14.5 Å². The summed E-state index contributed by atoms with van der Waals surface area (Å²) >= 11 is 0.874. The predicted octanol–water partition coefficient (Wildman–Crippen LogP) is 3.66. The number of nitrogens with one attached hydrogen (secondary N) is 1. The lowest BCUT2D eigenvalue weighted by Crippen LogP contribution is -2.14. The van der Waals surface area contributed by atoms with Gasteiger partial charge in [-0.25, -0.2) is 4.98 Å². The molecule has 0 saturated carbocycles. The molecule has 0 aliphatic carbocycles. The van der Waals surface area contributed by atoms with Crippen LogP contribution in [0.2, 0.25) is 0 Å². The minimum absolute atomic E-state index is 0.0484. The Kier molecular flexibility index (Phi) is 4.68. The Hall–Kier alpha value is -2.98. The predicted molar refractivity (Wildman–Crippen MR) is 92.7 cm³/mol. The molecule has 0 spiro atoms. The molecule has 120 valence electrons. The number of para-hydroxylation sites is 2. The molecule has 0 saturated heterocycles. The topological polar surface area (TPSA) is 88.2 Å². The zero-order valence-electron chi connectivity index (χ0n) is 12.8. The first-order valence-electron chi connectivity index (χ1n) is 7.06. The second kappa shape index (κ2) is 7.06. The SMILES string of the molecule is COc1ccc(-c2nc3ccccc3o2)cc1NC(=O)CSC#N. The van der Waals surface area contributed by atoms with Gasteiger partial charge in [0.15, 0.2) is 5.58 Å². The summed E-state index contributed by atoms with van der Waals surface area (Å²) < 4.78 is 11.0. The highest BCUT2D eigenvalue weighted by molar-refractivity contribution is 8.04. The van der Waals surface area contributed by atoms with Gasteiger partial charge in [-0.15, -0.1) is 0 Å². The number of rotatable bonds is 5. The largest absolute Gasteiger partial charge is 0.495 e. The number of carbonyl (C=O) groups excluding carboxylic acids is 1. The molecule has 0 unspecified atom stereocenters. The number of fused-ring (bicyclic) bond motifs is 1. The number of nitriles is 1. The number of methoxy groups -OCH3 is 1. The van der Waals surface area contributed by atoms with Gasteiger partial charge in [0.25, 0.3) is 0 Å². The van der Waals surface area contributed by atoms with Gasteiger partial charge >= 0.3 is 0 Å². The van der Waals surface area contributed by atoms with Gasteiger partial charge in [0.2, 0.25) is 11.8 Å². The van der Waals surface area contributed by atoms with Gasteiger partial charge in [0.05, 0.1) is 18.6 Å². The van der Waals surface area contributed by atoms with Crippen LogP contribution in [0.4, 0.5) is 5.69 Å². The molecule has 0 aliphatic rings. The number of benzene rings is 2. The standard InChI is InChI=1S/C17H13N3O3S/c1-22-14-7-6-11(8-13(14)19-16(21)9-24-10-18)17-20-12-4-2-3-5-15(12)23-17/h2-8H,9H2,1H3,(H,19,21). The molecule has 0 fully saturated rings. The molecule has 24 heavy (non-hydrogen) atoms. The minimum Gasteiger partial charge on any atom is -0.495 e. The van der Waals surface area contributed by atoms with E-state index in [9.17, 15) is 4.79 Å². The lowest BCUT2D eigenvalue weighted by molar-refractivity contribution is -0.113. The first kappa shape index (κ1) is 15.9. The average Bonchev–Trinajstić information content (AvgIpc) is 3.04. The molecular formula is C17H13N3O3S. The van der Waals surface area contributed by atoms with Crippen LogP contribution in [0.1, 0.15) is 0 Å². The van der Waals surface area contributed by atoms with Gasteiger partial charge in [-0.2, -0.15) is 5.26 Å². The zero-order valence-corrected chi connectivity index (χ0v) is 13.6. The number of ether oxygens (including phenoxy) is 1. The van der Waals surface area contributed by atoms with Crippen molar-refractivity contribution in [1.29, 1.82) is 5.26 Å². The van der Waals surface area contributed by atoms with Gasteiger partial charge in [-0.05, 0) is 42.1 Å². The van der Waals surface area contributed by atoms with Crippen LogP contribution in [-0.2, 0) is 4.79 Å². The van der Waals surface area contributed by atoms with E-state index in [1.165, 1.54) is 7.11 Å². The highest BCUT2D eigenvalue weighted by Crippen LogP contribution is 2.31. The van der Waals surface area contributed by atoms with E-state index in [1.54, 1.807) is 12.1 Å². The van der Waals surface area contributed by atoms with Crippen molar-refractivity contribution >= 4 is 34.5 Å². The maximum absolute atomic E-state index is 11.9. The molecule has 1 N–H and O–H groups in total. The number of thioether (sulfide) groups is 1. The number of amides is 1. The molecule has 1 amide bonds. The number of hydrogen-bond donors (Lipinski definition) is 1. The third kappa shape index (κ3) is 3.34. The normalized spacial score (nSPS) is 10.3. The molecule has 3 aromatic rings. The molecule has 1 heterocycles. The first-order valence-corrected chi connectivity index (χ1v) is 8.04. The highest BCUT2D eigenvalue weighted by atomic mass is 32.2. The van der Waals surface area contributed by atoms with Crippen LogP contribution in [0.15, 0.2) is 46.9 Å². The van der Waals surface area contributed by atoms with E-state index >= 15 is 0 Å². The molecule has 3 rings (SSSR count). The minimum atomic E-state index is -0.283. The van der Waals surface area contributed by atoms with Crippen molar-refractivity contribution in [2.24, 2.45) is 0 Å². The summed E-state index contributed by atoms with van der Waals surface area (Å²) in [6.07, 6.45) is 0. The molecule has 7 heteroatoms. The van der Waals surface area contributed by atoms with E-state index in [1.807, 2.05) is 35.7 Å². The van der Waals surface area contributed by atoms with Crippen LogP contribution in [0, 0.1) is 10.7 Å². The van der Waals surface area contributed by atoms with Crippen molar-refractivity contribution < 1.29 is 13.9 Å². The summed E-state index contributed by atoms with van der Waals surface area (Å²) in [7, 11) is 1.52. The van der Waals surface area contributed by atoms with E-state index in [0.717, 1.165) is 22.8 Å². The molecule has 6 nitrogen and oxygen atoms in total. The Morgan fingerprint density at radius 2 is 2.21 bits per heavy atom. The van der Waals surface area contributed by atoms with Crippen LogP contribution in [-0.4, -0.2) is 23.8 Å². The zero-order chi connectivity index (χ0) is 16.9. The lowest BCUT2D eigenvalue weighted by Gasteiger charge is -2.10. The Morgan fingerprint density at radius 3 is 2.96 bits per heavy atom. The second-order valence-corrected chi connectivity index (χ2v) is 5.59. The Labute approximate surface area is 142 Å². The number of oxazole rings is 1. The number of hydrogen-bond acceptors (Lipinski definition) is 6. The van der Waals surface area contributed by atoms with E-state index in [2.05, 4.69) is 10.3 Å². The summed E-state index contributed by atoms with van der Waals surface area (Å²) in [6.45, 7) is 0. The van der Waals surface area contributed by atoms with Crippen LogP contribution in [0.25, 0.3) is 22.6 Å². The molecule has 0 aliphatic heterocycles. The maximum Gasteiger partial charge on any atom is 0.235 e. The van der Waals surface area contributed by atoms with Crippen molar-refractivity contribution in [2.75, 3.05) is 18.2 Å². The van der Waals surface area contributed by atoms with Gasteiger partial charge in [-0.3, -0.25) is 4.79 Å². The van der Waals surface area contributed by atoms with E-state index in [-0.39, 0.29) is 11.7 Å². The fraction of sp³-hybridized carbons (Fsp3) is 0.118. The van der Waals surface area contributed by atoms with E-state index < -0.39 is 0 Å². The third-order valence-electron chi connectivity index (χ3n) is 3.28. The number of anilines is 1. The molecule has 1 aromatic heterocycles. The van der Waals surface area contributed by atoms with E-state index in [4.69, 9.17) is 14.4 Å². The van der Waals surface area contributed by atoms with E-state index in [0.29, 0.717) is 22.9 Å². The van der Waals surface area contributed by atoms with Crippen molar-refractivity contribution in [3.05, 3.63) is 42.5 Å². The summed E-state index contributed by atoms with van der Waals surface area (Å²) in [5, 5.41) is 13.1. The Bertz CT molecular complexity index is 897. The quantitative estimate of drug-likeness (QED) is 0.714. The molecule has 0 atom stereocenters. The fourth-order valence-corrected chi connectivity index (χ4v) is 2.49. The lowest BCUT2D eigenvalue weighted by atomic mass is 10.2. The molecule has 0 radical (unpaired) electrons. The Morgan fingerprint density at radius 1 is 1.38 bits per heavy atom. The Balaban J connectivity index is 1.93. The van der Waals surface area contributed by atoms with Crippen molar-refractivity contribution in [3.8, 4) is 22.6 Å².